The zero-order chi connectivity index (χ0) is 22.3. The van der Waals surface area contributed by atoms with Gasteiger partial charge in [0.2, 0.25) is 0 Å². The highest BCUT2D eigenvalue weighted by Crippen LogP contribution is 2.31. The summed E-state index contributed by atoms with van der Waals surface area (Å²) in [4.78, 5) is 0. The fraction of sp³-hybridized carbons (Fsp3) is 0.0625. The Kier molecular flexibility index (Phi) is 6.63. The van der Waals surface area contributed by atoms with Gasteiger partial charge in [-0.05, 0) is 75.7 Å². The molecule has 0 aliphatic rings. The van der Waals surface area contributed by atoms with Crippen LogP contribution in [-0.4, -0.2) is 0 Å². The maximum absolute atomic E-state index is 3.87. The normalized spacial score (nSPS) is 12.1. The van der Waals surface area contributed by atoms with E-state index in [1.54, 1.807) is 0 Å². The molecule has 0 aliphatic heterocycles. The molecule has 0 aromatic heterocycles. The molecule has 0 heterocycles. The summed E-state index contributed by atoms with van der Waals surface area (Å²) in [6.07, 6.45) is 12.1. The Morgan fingerprint density at radius 3 is 2.16 bits per heavy atom. The predicted molar refractivity (Wildman–Crippen MR) is 142 cm³/mol. The number of rotatable bonds is 6. The largest absolute Gasteiger partial charge is 0.0990 e. The van der Waals surface area contributed by atoms with Crippen molar-refractivity contribution in [1.29, 1.82) is 0 Å². The molecule has 0 atom stereocenters. The van der Waals surface area contributed by atoms with Crippen LogP contribution in [-0.2, 0) is 0 Å². The minimum atomic E-state index is 1.14. The van der Waals surface area contributed by atoms with Crippen LogP contribution in [0.5, 0.6) is 0 Å². The van der Waals surface area contributed by atoms with E-state index in [-0.39, 0.29) is 0 Å². The van der Waals surface area contributed by atoms with E-state index in [4.69, 9.17) is 0 Å². The van der Waals surface area contributed by atoms with Gasteiger partial charge in [-0.1, -0.05) is 116 Å². The molecule has 0 fully saturated rings. The summed E-state index contributed by atoms with van der Waals surface area (Å²) in [7, 11) is 0. The Hall–Kier alpha value is -3.90. The van der Waals surface area contributed by atoms with E-state index < -0.39 is 0 Å². The van der Waals surface area contributed by atoms with Crippen LogP contribution in [0.3, 0.4) is 0 Å². The second-order valence-corrected chi connectivity index (χ2v) is 7.92. The van der Waals surface area contributed by atoms with E-state index in [0.29, 0.717) is 0 Å². The zero-order valence-electron chi connectivity index (χ0n) is 18.8. The lowest BCUT2D eigenvalue weighted by Crippen LogP contribution is -1.87. The van der Waals surface area contributed by atoms with Crippen molar-refractivity contribution >= 4 is 16.3 Å². The van der Waals surface area contributed by atoms with Gasteiger partial charge in [0.1, 0.15) is 0 Å². The van der Waals surface area contributed by atoms with E-state index in [1.807, 2.05) is 31.2 Å². The summed E-state index contributed by atoms with van der Waals surface area (Å²) in [6.45, 7) is 8.08. The van der Waals surface area contributed by atoms with Crippen LogP contribution in [0.2, 0.25) is 0 Å². The maximum atomic E-state index is 3.87. The summed E-state index contributed by atoms with van der Waals surface area (Å²) in [5.74, 6) is 0. The van der Waals surface area contributed by atoms with Crippen LogP contribution in [0.25, 0.3) is 38.6 Å². The number of hydrogen-bond acceptors (Lipinski definition) is 0. The van der Waals surface area contributed by atoms with E-state index >= 15 is 0 Å². The van der Waals surface area contributed by atoms with E-state index in [2.05, 4.69) is 111 Å². The van der Waals surface area contributed by atoms with Gasteiger partial charge < -0.3 is 0 Å². The first kappa shape index (κ1) is 21.3. The van der Waals surface area contributed by atoms with Crippen LogP contribution in [0, 0.1) is 6.92 Å². The van der Waals surface area contributed by atoms with Crippen molar-refractivity contribution in [3.05, 3.63) is 139 Å². The minimum absolute atomic E-state index is 1.14. The molecule has 0 N–H and O–H groups in total. The third-order valence-electron chi connectivity index (χ3n) is 5.69. The maximum Gasteiger partial charge on any atom is -0.0148 e. The smallest absolute Gasteiger partial charge is 0.0148 e. The highest BCUT2D eigenvalue weighted by atomic mass is 14.1. The van der Waals surface area contributed by atoms with Crippen LogP contribution in [0.4, 0.5) is 0 Å². The molecular formula is C32H28. The van der Waals surface area contributed by atoms with Crippen LogP contribution in [0.15, 0.2) is 128 Å². The van der Waals surface area contributed by atoms with Gasteiger partial charge in [0.05, 0.1) is 0 Å². The average Bonchev–Trinajstić information content (AvgIpc) is 2.83. The molecule has 0 saturated heterocycles. The van der Waals surface area contributed by atoms with Crippen molar-refractivity contribution in [3.63, 3.8) is 0 Å². The highest BCUT2D eigenvalue weighted by Gasteiger charge is 2.06. The Morgan fingerprint density at radius 1 is 0.719 bits per heavy atom. The quantitative estimate of drug-likeness (QED) is 0.277. The fourth-order valence-corrected chi connectivity index (χ4v) is 4.03. The molecule has 0 aliphatic carbocycles. The summed E-state index contributed by atoms with van der Waals surface area (Å²) >= 11 is 0. The molecule has 156 valence electrons. The summed E-state index contributed by atoms with van der Waals surface area (Å²) < 4.78 is 0. The molecular weight excluding hydrogens is 384 g/mol. The van der Waals surface area contributed by atoms with Crippen LogP contribution in [0.1, 0.15) is 18.1 Å². The first-order valence-electron chi connectivity index (χ1n) is 11.0. The SMILES string of the molecule is C=C\C=C(/C=C\C=C\C)c1cccc(-c2ccc(-c3cc4ccccc4cc3C)cc2)c1. The van der Waals surface area contributed by atoms with E-state index in [1.165, 1.54) is 44.2 Å². The van der Waals surface area contributed by atoms with Gasteiger partial charge in [-0.2, -0.15) is 0 Å². The standard InChI is InChI=1S/C32H28/c1-4-6-7-12-25(11-5-2)29-15-10-16-30(22-29)26-17-19-27(20-18-26)32-23-31-14-9-8-13-28(31)21-24(32)3/h4-23H,2H2,1,3H3/b6-4+,12-7-,25-11+. The number of hydrogen-bond donors (Lipinski definition) is 0. The highest BCUT2D eigenvalue weighted by molar-refractivity contribution is 5.89. The lowest BCUT2D eigenvalue weighted by molar-refractivity contribution is 1.48. The first-order valence-corrected chi connectivity index (χ1v) is 11.0. The van der Waals surface area contributed by atoms with Gasteiger partial charge in [0, 0.05) is 0 Å². The second kappa shape index (κ2) is 9.94. The summed E-state index contributed by atoms with van der Waals surface area (Å²) in [5.41, 5.74) is 8.57. The molecule has 4 aromatic carbocycles. The monoisotopic (exact) mass is 412 g/mol. The third-order valence-corrected chi connectivity index (χ3v) is 5.69. The summed E-state index contributed by atoms with van der Waals surface area (Å²) in [6, 6.07) is 30.7. The van der Waals surface area contributed by atoms with Gasteiger partial charge in [0.15, 0.2) is 0 Å². The van der Waals surface area contributed by atoms with Gasteiger partial charge in [0.25, 0.3) is 0 Å². The fourth-order valence-electron chi connectivity index (χ4n) is 4.03. The topological polar surface area (TPSA) is 0 Å². The summed E-state index contributed by atoms with van der Waals surface area (Å²) in [5, 5.41) is 2.56. The molecule has 0 saturated carbocycles. The molecule has 0 unspecified atom stereocenters. The molecule has 0 nitrogen and oxygen atoms in total. The van der Waals surface area contributed by atoms with Crippen molar-refractivity contribution < 1.29 is 0 Å². The van der Waals surface area contributed by atoms with E-state index in [9.17, 15) is 0 Å². The van der Waals surface area contributed by atoms with Gasteiger partial charge >= 0.3 is 0 Å². The van der Waals surface area contributed by atoms with Crippen molar-refractivity contribution in [2.24, 2.45) is 0 Å². The Bertz CT molecular complexity index is 1330. The zero-order valence-corrected chi connectivity index (χ0v) is 18.8. The molecule has 0 heteroatoms. The Labute approximate surface area is 191 Å². The van der Waals surface area contributed by atoms with Crippen LogP contribution >= 0.6 is 0 Å². The number of fused-ring (bicyclic) bond motifs is 1. The molecule has 0 bridgehead atoms. The lowest BCUT2D eigenvalue weighted by atomic mass is 9.94. The molecule has 0 amide bonds. The van der Waals surface area contributed by atoms with Gasteiger partial charge in [-0.3, -0.25) is 0 Å². The van der Waals surface area contributed by atoms with Crippen molar-refractivity contribution in [3.8, 4) is 22.3 Å². The minimum Gasteiger partial charge on any atom is -0.0990 e. The third kappa shape index (κ3) is 4.71. The molecule has 0 radical (unpaired) electrons. The molecule has 32 heavy (non-hydrogen) atoms. The van der Waals surface area contributed by atoms with Crippen molar-refractivity contribution in [2.75, 3.05) is 0 Å². The van der Waals surface area contributed by atoms with E-state index in [0.717, 1.165) is 5.57 Å². The number of allylic oxidation sites excluding steroid dienone is 7. The molecule has 4 aromatic rings. The van der Waals surface area contributed by atoms with Crippen molar-refractivity contribution in [2.45, 2.75) is 13.8 Å². The van der Waals surface area contributed by atoms with Crippen LogP contribution < -0.4 is 0 Å². The average molecular weight is 413 g/mol. The predicted octanol–water partition coefficient (Wildman–Crippen LogP) is 9.18. The number of benzene rings is 4. The molecule has 0 spiro atoms. The van der Waals surface area contributed by atoms with Crippen molar-refractivity contribution in [1.82, 2.24) is 0 Å². The molecule has 4 rings (SSSR count). The number of aryl methyl sites for hydroxylation is 1. The first-order chi connectivity index (χ1) is 15.7. The second-order valence-electron chi connectivity index (χ2n) is 7.92. The van der Waals surface area contributed by atoms with Gasteiger partial charge in [-0.25, -0.2) is 0 Å². The van der Waals surface area contributed by atoms with Gasteiger partial charge in [-0.15, -0.1) is 0 Å². The Balaban J connectivity index is 1.67. The Morgan fingerprint density at radius 2 is 1.44 bits per heavy atom. The lowest BCUT2D eigenvalue weighted by Gasteiger charge is -2.11.